The van der Waals surface area contributed by atoms with Crippen LogP contribution in [-0.2, 0) is 16.2 Å². The first-order valence-corrected chi connectivity index (χ1v) is 19.0. The highest BCUT2D eigenvalue weighted by Crippen LogP contribution is 2.38. The molecule has 0 aromatic heterocycles. The molecule has 0 radical (unpaired) electrons. The minimum absolute atomic E-state index is 0.0437. The van der Waals surface area contributed by atoms with Crippen LogP contribution >= 0.6 is 7.92 Å². The van der Waals surface area contributed by atoms with Crippen LogP contribution in [0.4, 0.5) is 4.39 Å². The van der Waals surface area contributed by atoms with E-state index in [1.165, 1.54) is 38.9 Å². The van der Waals surface area contributed by atoms with E-state index in [-0.39, 0.29) is 30.0 Å². The molecule has 2 heteroatoms. The second-order valence-electron chi connectivity index (χ2n) is 16.1. The Morgan fingerprint density at radius 2 is 0.776 bits per heavy atom. The van der Waals surface area contributed by atoms with Crippen molar-refractivity contribution in [2.45, 2.75) is 112 Å². The maximum Gasteiger partial charge on any atom is 0.123 e. The molecule has 0 unspecified atom stereocenters. The van der Waals surface area contributed by atoms with Crippen LogP contribution in [0.3, 0.4) is 0 Å². The number of hydrogen-bond donors (Lipinski definition) is 0. The van der Waals surface area contributed by atoms with Crippen molar-refractivity contribution in [3.8, 4) is 0 Å². The minimum atomic E-state index is -0.210. The van der Waals surface area contributed by atoms with Crippen molar-refractivity contribution in [1.29, 1.82) is 0 Å². The first kappa shape index (κ1) is 41.6. The average molecular weight is 677 g/mol. The van der Waals surface area contributed by atoms with Crippen molar-refractivity contribution >= 4 is 18.5 Å². The van der Waals surface area contributed by atoms with Crippen LogP contribution in [0.25, 0.3) is 0 Å². The van der Waals surface area contributed by atoms with Crippen molar-refractivity contribution < 1.29 is 4.39 Å². The van der Waals surface area contributed by atoms with Crippen molar-refractivity contribution in [2.24, 2.45) is 0 Å². The molecule has 0 saturated heterocycles. The normalized spacial score (nSPS) is 11.4. The molecule has 0 nitrogen and oxygen atoms in total. The van der Waals surface area contributed by atoms with E-state index < -0.39 is 0 Å². The molecule has 5 aromatic rings. The molecule has 0 fully saturated rings. The van der Waals surface area contributed by atoms with E-state index >= 15 is 0 Å². The van der Waals surface area contributed by atoms with Gasteiger partial charge < -0.3 is 0 Å². The van der Waals surface area contributed by atoms with E-state index in [1.807, 2.05) is 6.07 Å². The summed E-state index contributed by atoms with van der Waals surface area (Å²) in [6.45, 7) is 28.5. The molecule has 0 atom stereocenters. The van der Waals surface area contributed by atoms with Gasteiger partial charge >= 0.3 is 0 Å². The van der Waals surface area contributed by atoms with Gasteiger partial charge in [-0.1, -0.05) is 209 Å². The number of halogens is 1. The summed E-state index contributed by atoms with van der Waals surface area (Å²) in [5.41, 5.74) is 7.81. The van der Waals surface area contributed by atoms with Crippen molar-refractivity contribution in [2.75, 3.05) is 0 Å². The molecule has 0 aliphatic rings. The van der Waals surface area contributed by atoms with Gasteiger partial charge in [-0.15, -0.1) is 0 Å². The number of rotatable bonds is 3. The highest BCUT2D eigenvalue weighted by Gasteiger charge is 2.17. The quantitative estimate of drug-likeness (QED) is 0.167. The number of aryl methyl sites for hydroxylation is 2. The molecule has 0 N–H and O–H groups in total. The molecule has 0 amide bonds. The third-order valence-electron chi connectivity index (χ3n) is 8.11. The zero-order chi connectivity index (χ0) is 36.8. The Hall–Kier alpha value is -3.54. The number of hydrogen-bond acceptors (Lipinski definition) is 0. The van der Waals surface area contributed by atoms with E-state index in [1.54, 1.807) is 12.1 Å². The summed E-state index contributed by atoms with van der Waals surface area (Å²) in [5.74, 6) is -0.155. The zero-order valence-electron chi connectivity index (χ0n) is 32.6. The lowest BCUT2D eigenvalue weighted by molar-refractivity contribution is 0.572. The first-order valence-electron chi connectivity index (χ1n) is 17.6. The van der Waals surface area contributed by atoms with E-state index in [0.717, 1.165) is 5.56 Å². The summed E-state index contributed by atoms with van der Waals surface area (Å²) in [4.78, 5) is 0. The summed E-state index contributed by atoms with van der Waals surface area (Å²) in [5, 5.41) is 2.94. The SMILES string of the molecule is CC(C)(C)c1cccc(F)c1.CC(C)P(c1ccccc1)c1ccccc1.Cc1ccc(C(C)(C)C)cc1.Cc1ccc(C(C)(C)C)cc1. The topological polar surface area (TPSA) is 0 Å². The Labute approximate surface area is 301 Å². The average Bonchev–Trinajstić information content (AvgIpc) is 3.02. The van der Waals surface area contributed by atoms with Crippen molar-refractivity contribution in [1.82, 2.24) is 0 Å². The van der Waals surface area contributed by atoms with Crippen LogP contribution in [0.1, 0.15) is 104 Å². The van der Waals surface area contributed by atoms with Gasteiger partial charge in [0.25, 0.3) is 0 Å². The molecule has 5 rings (SSSR count). The van der Waals surface area contributed by atoms with Gasteiger partial charge in [0.05, 0.1) is 0 Å². The Morgan fingerprint density at radius 3 is 1.04 bits per heavy atom. The van der Waals surface area contributed by atoms with Crippen molar-refractivity contribution in [3.63, 3.8) is 0 Å². The molecular formula is C47H62FP. The monoisotopic (exact) mass is 676 g/mol. The first-order chi connectivity index (χ1) is 22.8. The second-order valence-corrected chi connectivity index (χ2v) is 18.9. The molecule has 49 heavy (non-hydrogen) atoms. The van der Waals surface area contributed by atoms with Crippen LogP contribution in [-0.4, -0.2) is 5.66 Å². The highest BCUT2D eigenvalue weighted by atomic mass is 31.1. The van der Waals surface area contributed by atoms with E-state index in [9.17, 15) is 4.39 Å². The lowest BCUT2D eigenvalue weighted by Crippen LogP contribution is -2.17. The maximum absolute atomic E-state index is 12.7. The molecular weight excluding hydrogens is 614 g/mol. The fraction of sp³-hybridized carbons (Fsp3) is 0.362. The van der Waals surface area contributed by atoms with Gasteiger partial charge in [-0.05, 0) is 83.1 Å². The van der Waals surface area contributed by atoms with Gasteiger partial charge in [-0.3, -0.25) is 0 Å². The second kappa shape index (κ2) is 19.0. The fourth-order valence-electron chi connectivity index (χ4n) is 4.98. The lowest BCUT2D eigenvalue weighted by Gasteiger charge is -2.22. The molecule has 0 heterocycles. The predicted molar refractivity (Wildman–Crippen MR) is 219 cm³/mol. The molecule has 0 aliphatic carbocycles. The van der Waals surface area contributed by atoms with Crippen LogP contribution in [0.2, 0.25) is 0 Å². The Kier molecular flexibility index (Phi) is 16.2. The third kappa shape index (κ3) is 15.3. The van der Waals surface area contributed by atoms with Gasteiger partial charge in [0.2, 0.25) is 0 Å². The van der Waals surface area contributed by atoms with Gasteiger partial charge in [0.1, 0.15) is 5.82 Å². The van der Waals surface area contributed by atoms with Crippen molar-refractivity contribution in [3.05, 3.63) is 167 Å². The van der Waals surface area contributed by atoms with Crippen LogP contribution in [0, 0.1) is 19.7 Å². The van der Waals surface area contributed by atoms with Gasteiger partial charge in [0.15, 0.2) is 0 Å². The summed E-state index contributed by atoms with van der Waals surface area (Å²) >= 11 is 0. The smallest absolute Gasteiger partial charge is 0.123 e. The molecule has 0 spiro atoms. The van der Waals surface area contributed by atoms with Gasteiger partial charge in [0, 0.05) is 0 Å². The van der Waals surface area contributed by atoms with E-state index in [4.69, 9.17) is 0 Å². The minimum Gasteiger partial charge on any atom is -0.207 e. The summed E-state index contributed by atoms with van der Waals surface area (Å²) in [6.07, 6.45) is 0. The molecule has 0 aliphatic heterocycles. The largest absolute Gasteiger partial charge is 0.207 e. The lowest BCUT2D eigenvalue weighted by atomic mass is 9.87. The third-order valence-corrected chi connectivity index (χ3v) is 10.9. The van der Waals surface area contributed by atoms with Crippen LogP contribution in [0.15, 0.2) is 133 Å². The van der Waals surface area contributed by atoms with E-state index in [0.29, 0.717) is 5.66 Å². The predicted octanol–water partition coefficient (Wildman–Crippen LogP) is 13.2. The maximum atomic E-state index is 12.7. The Morgan fingerprint density at radius 1 is 0.429 bits per heavy atom. The van der Waals surface area contributed by atoms with Crippen LogP contribution in [0.5, 0.6) is 0 Å². The standard InChI is InChI=1S/C15H17P.2C11H16.C10H13F/c1-13(2)16(14-9-5-3-6-10-14)15-11-7-4-8-12-15;2*1-9-5-7-10(8-6-9)11(2,3)4;1-10(2,3)8-5-4-6-9(11)7-8/h3-13H,1-2H3;2*5-8H,1-4H3;4-7H,1-3H3. The Bertz CT molecular complexity index is 1520. The molecule has 5 aromatic carbocycles. The zero-order valence-corrected chi connectivity index (χ0v) is 33.5. The summed E-state index contributed by atoms with van der Waals surface area (Å²) in [7, 11) is -0.210. The summed E-state index contributed by atoms with van der Waals surface area (Å²) in [6, 6.07) is 45.9. The fourth-order valence-corrected chi connectivity index (χ4v) is 7.46. The molecule has 0 bridgehead atoms. The summed E-state index contributed by atoms with van der Waals surface area (Å²) < 4.78 is 12.7. The Balaban J connectivity index is 0.000000231. The van der Waals surface area contributed by atoms with Gasteiger partial charge in [-0.25, -0.2) is 4.39 Å². The van der Waals surface area contributed by atoms with E-state index in [2.05, 4.69) is 199 Å². The van der Waals surface area contributed by atoms with Gasteiger partial charge in [-0.2, -0.15) is 0 Å². The van der Waals surface area contributed by atoms with Crippen LogP contribution < -0.4 is 10.6 Å². The highest BCUT2D eigenvalue weighted by molar-refractivity contribution is 7.73. The molecule has 0 saturated carbocycles. The number of benzene rings is 5. The molecule has 262 valence electrons.